The van der Waals surface area contributed by atoms with Crippen LogP contribution in [0.2, 0.25) is 0 Å². The number of aromatic nitrogens is 2. The molecule has 1 aliphatic rings. The van der Waals surface area contributed by atoms with Gasteiger partial charge in [-0.25, -0.2) is 8.42 Å². The van der Waals surface area contributed by atoms with E-state index in [0.29, 0.717) is 17.9 Å². The molecule has 0 saturated carbocycles. The average Bonchev–Trinajstić information content (AvgIpc) is 3.23. The van der Waals surface area contributed by atoms with Crippen molar-refractivity contribution in [3.05, 3.63) is 60.3 Å². The summed E-state index contributed by atoms with van der Waals surface area (Å²) in [5.74, 6) is 0.576. The summed E-state index contributed by atoms with van der Waals surface area (Å²) in [6.45, 7) is 0. The van der Waals surface area contributed by atoms with Gasteiger partial charge in [0.05, 0.1) is 29.6 Å². The second kappa shape index (κ2) is 5.41. The Labute approximate surface area is 138 Å². The largest absolute Gasteiger partial charge is 0.463 e. The lowest BCUT2D eigenvalue weighted by Crippen LogP contribution is -2.25. The molecular weight excluding hydrogens is 328 g/mol. The first-order valence-electron chi connectivity index (χ1n) is 7.34. The molecule has 3 heterocycles. The molecule has 3 aromatic rings. The van der Waals surface area contributed by atoms with Gasteiger partial charge < -0.3 is 4.42 Å². The van der Waals surface area contributed by atoms with Gasteiger partial charge in [-0.3, -0.25) is 9.97 Å². The molecule has 0 aliphatic carbocycles. The third-order valence-corrected chi connectivity index (χ3v) is 4.91. The van der Waals surface area contributed by atoms with Crippen molar-refractivity contribution >= 4 is 26.8 Å². The molecule has 0 bridgehead atoms. The second-order valence-electron chi connectivity index (χ2n) is 5.58. The summed E-state index contributed by atoms with van der Waals surface area (Å²) >= 11 is 0. The Morgan fingerprint density at radius 3 is 2.67 bits per heavy atom. The van der Waals surface area contributed by atoms with Crippen molar-refractivity contribution in [1.29, 1.82) is 0 Å². The standard InChI is InChI=1S/C16H14N4O3S/c1-24(21,22)20-15(10-14(19-20)16-3-2-8-23-16)11-4-5-12-13(9-11)18-7-6-17-12/h2-9,15H,10H2,1H3/t15-/m1/s1. The van der Waals surface area contributed by atoms with Crippen LogP contribution in [0.4, 0.5) is 0 Å². The van der Waals surface area contributed by atoms with Crippen molar-refractivity contribution < 1.29 is 12.8 Å². The SMILES string of the molecule is CS(=O)(=O)N1N=C(c2ccco2)C[C@@H]1c1ccc2nccnc2c1. The van der Waals surface area contributed by atoms with E-state index in [1.54, 1.807) is 30.8 Å². The predicted molar refractivity (Wildman–Crippen MR) is 88.8 cm³/mol. The molecule has 0 N–H and O–H groups in total. The Balaban J connectivity index is 1.78. The van der Waals surface area contributed by atoms with Crippen LogP contribution in [0.15, 0.2) is 58.5 Å². The van der Waals surface area contributed by atoms with Crippen molar-refractivity contribution in [2.75, 3.05) is 6.26 Å². The minimum atomic E-state index is -3.51. The molecule has 24 heavy (non-hydrogen) atoms. The smallest absolute Gasteiger partial charge is 0.247 e. The maximum atomic E-state index is 12.2. The van der Waals surface area contributed by atoms with Crippen molar-refractivity contribution in [3.63, 3.8) is 0 Å². The van der Waals surface area contributed by atoms with Crippen molar-refractivity contribution in [3.8, 4) is 0 Å². The topological polar surface area (TPSA) is 88.7 Å². The minimum Gasteiger partial charge on any atom is -0.463 e. The van der Waals surface area contributed by atoms with Crippen LogP contribution in [0.5, 0.6) is 0 Å². The van der Waals surface area contributed by atoms with Gasteiger partial charge in [-0.2, -0.15) is 9.52 Å². The van der Waals surface area contributed by atoms with Crippen LogP contribution in [0.3, 0.4) is 0 Å². The van der Waals surface area contributed by atoms with Gasteiger partial charge in [-0.05, 0) is 29.8 Å². The number of hydrazone groups is 1. The highest BCUT2D eigenvalue weighted by Gasteiger charge is 2.35. The molecule has 1 aliphatic heterocycles. The number of hydrogen-bond donors (Lipinski definition) is 0. The average molecular weight is 342 g/mol. The first-order valence-corrected chi connectivity index (χ1v) is 9.18. The molecule has 122 valence electrons. The Bertz CT molecular complexity index is 1030. The molecule has 0 spiro atoms. The number of nitrogens with zero attached hydrogens (tertiary/aromatic N) is 4. The normalized spacial score (nSPS) is 18.1. The van der Waals surface area contributed by atoms with E-state index in [1.165, 1.54) is 0 Å². The summed E-state index contributed by atoms with van der Waals surface area (Å²) in [5.41, 5.74) is 2.90. The first kappa shape index (κ1) is 14.8. The van der Waals surface area contributed by atoms with E-state index in [4.69, 9.17) is 4.42 Å². The van der Waals surface area contributed by atoms with Gasteiger partial charge in [-0.1, -0.05) is 6.07 Å². The molecule has 4 rings (SSSR count). The summed E-state index contributed by atoms with van der Waals surface area (Å²) < 4.78 is 30.8. The second-order valence-corrected chi connectivity index (χ2v) is 7.42. The fourth-order valence-electron chi connectivity index (χ4n) is 2.82. The predicted octanol–water partition coefficient (Wildman–Crippen LogP) is 2.33. The number of fused-ring (bicyclic) bond motifs is 1. The van der Waals surface area contributed by atoms with E-state index in [-0.39, 0.29) is 0 Å². The monoisotopic (exact) mass is 342 g/mol. The third-order valence-electron chi connectivity index (χ3n) is 3.90. The molecule has 0 unspecified atom stereocenters. The number of benzene rings is 1. The number of rotatable bonds is 3. The Morgan fingerprint density at radius 1 is 1.17 bits per heavy atom. The van der Waals surface area contributed by atoms with E-state index in [9.17, 15) is 8.42 Å². The van der Waals surface area contributed by atoms with E-state index in [0.717, 1.165) is 27.3 Å². The van der Waals surface area contributed by atoms with Crippen molar-refractivity contribution in [2.45, 2.75) is 12.5 Å². The zero-order valence-corrected chi connectivity index (χ0v) is 13.6. The molecule has 1 atom stereocenters. The molecular formula is C16H14N4O3S. The maximum absolute atomic E-state index is 12.2. The highest BCUT2D eigenvalue weighted by Crippen LogP contribution is 2.35. The lowest BCUT2D eigenvalue weighted by Gasteiger charge is -2.21. The summed E-state index contributed by atoms with van der Waals surface area (Å²) in [6, 6.07) is 8.65. The van der Waals surface area contributed by atoms with Gasteiger partial charge in [0.2, 0.25) is 10.0 Å². The van der Waals surface area contributed by atoms with Crippen LogP contribution in [-0.4, -0.2) is 34.8 Å². The van der Waals surface area contributed by atoms with E-state index >= 15 is 0 Å². The van der Waals surface area contributed by atoms with Gasteiger partial charge in [0.1, 0.15) is 11.5 Å². The lowest BCUT2D eigenvalue weighted by molar-refractivity contribution is 0.375. The molecule has 7 nitrogen and oxygen atoms in total. The third kappa shape index (κ3) is 2.54. The summed E-state index contributed by atoms with van der Waals surface area (Å²) in [5, 5.41) is 4.27. The quantitative estimate of drug-likeness (QED) is 0.729. The first-order chi connectivity index (χ1) is 11.5. The van der Waals surface area contributed by atoms with Crippen LogP contribution in [0, 0.1) is 0 Å². The fraction of sp³-hybridized carbons (Fsp3) is 0.188. The van der Waals surface area contributed by atoms with Gasteiger partial charge in [0, 0.05) is 18.8 Å². The minimum absolute atomic E-state index is 0.425. The van der Waals surface area contributed by atoms with Crippen molar-refractivity contribution in [2.24, 2.45) is 5.10 Å². The molecule has 0 amide bonds. The number of furan rings is 1. The van der Waals surface area contributed by atoms with Crippen LogP contribution < -0.4 is 0 Å². The zero-order valence-electron chi connectivity index (χ0n) is 12.8. The molecule has 0 fully saturated rings. The Morgan fingerprint density at radius 2 is 1.96 bits per heavy atom. The highest BCUT2D eigenvalue weighted by atomic mass is 32.2. The van der Waals surface area contributed by atoms with E-state index < -0.39 is 16.1 Å². The summed E-state index contributed by atoms with van der Waals surface area (Å²) in [4.78, 5) is 8.52. The van der Waals surface area contributed by atoms with Crippen LogP contribution in [0.25, 0.3) is 11.0 Å². The Hall–Kier alpha value is -2.74. The lowest BCUT2D eigenvalue weighted by atomic mass is 10.0. The van der Waals surface area contributed by atoms with E-state index in [1.807, 2.05) is 18.2 Å². The molecule has 1 aromatic carbocycles. The Kier molecular flexibility index (Phi) is 3.34. The molecule has 0 radical (unpaired) electrons. The molecule has 0 saturated heterocycles. The number of sulfonamides is 1. The van der Waals surface area contributed by atoms with Gasteiger partial charge in [0.15, 0.2) is 0 Å². The van der Waals surface area contributed by atoms with Crippen molar-refractivity contribution in [1.82, 2.24) is 14.4 Å². The number of hydrogen-bond acceptors (Lipinski definition) is 6. The zero-order chi connectivity index (χ0) is 16.7. The van der Waals surface area contributed by atoms with Crippen LogP contribution in [-0.2, 0) is 10.0 Å². The highest BCUT2D eigenvalue weighted by molar-refractivity contribution is 7.88. The van der Waals surface area contributed by atoms with Gasteiger partial charge in [-0.15, -0.1) is 0 Å². The summed E-state index contributed by atoms with van der Waals surface area (Å²) in [7, 11) is -3.51. The molecule has 8 heteroatoms. The van der Waals surface area contributed by atoms with Crippen LogP contribution >= 0.6 is 0 Å². The molecule has 2 aromatic heterocycles. The van der Waals surface area contributed by atoms with E-state index in [2.05, 4.69) is 15.1 Å². The van der Waals surface area contributed by atoms with Gasteiger partial charge in [0.25, 0.3) is 0 Å². The van der Waals surface area contributed by atoms with Crippen LogP contribution in [0.1, 0.15) is 23.8 Å². The maximum Gasteiger partial charge on any atom is 0.247 e. The summed E-state index contributed by atoms with van der Waals surface area (Å²) in [6.07, 6.45) is 6.36. The fourth-order valence-corrected chi connectivity index (χ4v) is 3.73. The van der Waals surface area contributed by atoms with Gasteiger partial charge >= 0.3 is 0 Å².